The Morgan fingerprint density at radius 3 is 0.372 bits per heavy atom. The molecule has 0 rings (SSSR count). The summed E-state index contributed by atoms with van der Waals surface area (Å²) in [5, 5.41) is 8.98. The van der Waals surface area contributed by atoms with Gasteiger partial charge in [-0.1, -0.05) is 470 Å². The summed E-state index contributed by atoms with van der Waals surface area (Å²) in [6.07, 6.45) is 104. The molecule has 1 N–H and O–H groups in total. The number of hydrogen-bond acceptors (Lipinski definition) is 1. The standard InChI is InChI=1S/C77H156O/c1-4-7-10-13-16-19-22-25-28-32-37-42-47-52-57-62-69-76(70-63-58-53-48-43-38-33-29-26-23-20-17-14-11-8-5-2)73-66-67-74-77(71-64-59-54-49-44-39-34-30-27-24-21-18-15-12-9-6-3)72-65-60-55-50-45-40-35-31-36-41-46-51-56-61-68-75-78/h76-78H,4-75H2,1-3H3. The third kappa shape index (κ3) is 68.5. The Balaban J connectivity index is 4.75. The van der Waals surface area contributed by atoms with Gasteiger partial charge in [-0.2, -0.15) is 0 Å². The fourth-order valence-electron chi connectivity index (χ4n) is 13.5. The molecule has 470 valence electrons. The van der Waals surface area contributed by atoms with Gasteiger partial charge in [-0.25, -0.2) is 0 Å². The fourth-order valence-corrected chi connectivity index (χ4v) is 13.5. The van der Waals surface area contributed by atoms with Gasteiger partial charge in [0.2, 0.25) is 0 Å². The normalized spacial score (nSPS) is 12.3. The Bertz CT molecular complexity index is 838. The maximum Gasteiger partial charge on any atom is 0.0431 e. The van der Waals surface area contributed by atoms with Crippen molar-refractivity contribution in [3.05, 3.63) is 0 Å². The first-order chi connectivity index (χ1) is 38.8. The highest BCUT2D eigenvalue weighted by molar-refractivity contribution is 4.66. The summed E-state index contributed by atoms with van der Waals surface area (Å²) in [4.78, 5) is 0. The summed E-state index contributed by atoms with van der Waals surface area (Å²) >= 11 is 0. The Morgan fingerprint density at radius 1 is 0.141 bits per heavy atom. The lowest BCUT2D eigenvalue weighted by atomic mass is 9.86. The van der Waals surface area contributed by atoms with Crippen LogP contribution >= 0.6 is 0 Å². The Kier molecular flexibility index (Phi) is 73.0. The molecule has 0 aromatic rings. The highest BCUT2D eigenvalue weighted by Gasteiger charge is 2.13. The van der Waals surface area contributed by atoms with Crippen LogP contribution in [0.25, 0.3) is 0 Å². The molecule has 1 atom stereocenters. The van der Waals surface area contributed by atoms with Crippen molar-refractivity contribution in [3.63, 3.8) is 0 Å². The first-order valence-corrected chi connectivity index (χ1v) is 38.4. The molecular formula is C77H156O. The molecule has 0 aromatic heterocycles. The second kappa shape index (κ2) is 73.1. The van der Waals surface area contributed by atoms with Crippen molar-refractivity contribution in [2.45, 2.75) is 477 Å². The zero-order valence-electron chi connectivity index (χ0n) is 55.5. The van der Waals surface area contributed by atoms with E-state index in [2.05, 4.69) is 20.8 Å². The Morgan fingerprint density at radius 2 is 0.244 bits per heavy atom. The summed E-state index contributed by atoms with van der Waals surface area (Å²) in [6.45, 7) is 7.36. The van der Waals surface area contributed by atoms with Gasteiger partial charge < -0.3 is 5.11 Å². The summed E-state index contributed by atoms with van der Waals surface area (Å²) in [5.41, 5.74) is 0. The molecule has 0 heterocycles. The van der Waals surface area contributed by atoms with E-state index in [0.717, 1.165) is 18.3 Å². The molecule has 1 heteroatoms. The van der Waals surface area contributed by atoms with Crippen LogP contribution < -0.4 is 0 Å². The highest BCUT2D eigenvalue weighted by atomic mass is 16.2. The number of rotatable bonds is 73. The van der Waals surface area contributed by atoms with Crippen LogP contribution in [-0.4, -0.2) is 11.7 Å². The van der Waals surface area contributed by atoms with E-state index in [0.29, 0.717) is 6.61 Å². The molecule has 0 bridgehead atoms. The first-order valence-electron chi connectivity index (χ1n) is 38.4. The molecule has 0 aliphatic rings. The molecule has 1 nitrogen and oxygen atoms in total. The third-order valence-corrected chi connectivity index (χ3v) is 19.1. The second-order valence-corrected chi connectivity index (χ2v) is 27.1. The molecule has 0 aromatic carbocycles. The van der Waals surface area contributed by atoms with Crippen LogP contribution in [0.3, 0.4) is 0 Å². The number of unbranched alkanes of at least 4 members (excludes halogenated alkanes) is 60. The van der Waals surface area contributed by atoms with Crippen LogP contribution in [0.1, 0.15) is 477 Å². The highest BCUT2D eigenvalue weighted by Crippen LogP contribution is 2.29. The van der Waals surface area contributed by atoms with Crippen LogP contribution in [0.15, 0.2) is 0 Å². The summed E-state index contributed by atoms with van der Waals surface area (Å²) in [5.74, 6) is 2.01. The van der Waals surface area contributed by atoms with Gasteiger partial charge in [0.1, 0.15) is 0 Å². The third-order valence-electron chi connectivity index (χ3n) is 19.1. The summed E-state index contributed by atoms with van der Waals surface area (Å²) < 4.78 is 0. The maximum absolute atomic E-state index is 8.98. The number of hydrogen-bond donors (Lipinski definition) is 1. The van der Waals surface area contributed by atoms with Crippen LogP contribution in [0.4, 0.5) is 0 Å². The van der Waals surface area contributed by atoms with Gasteiger partial charge in [-0.05, 0) is 18.3 Å². The van der Waals surface area contributed by atoms with E-state index in [1.165, 1.54) is 449 Å². The van der Waals surface area contributed by atoms with Crippen LogP contribution in [0.2, 0.25) is 0 Å². The van der Waals surface area contributed by atoms with Gasteiger partial charge in [0, 0.05) is 6.61 Å². The van der Waals surface area contributed by atoms with Gasteiger partial charge >= 0.3 is 0 Å². The lowest BCUT2D eigenvalue weighted by Gasteiger charge is -2.20. The van der Waals surface area contributed by atoms with E-state index >= 15 is 0 Å². The monoisotopic (exact) mass is 1100 g/mol. The largest absolute Gasteiger partial charge is 0.396 e. The van der Waals surface area contributed by atoms with Crippen molar-refractivity contribution in [1.82, 2.24) is 0 Å². The zero-order chi connectivity index (χ0) is 56.1. The van der Waals surface area contributed by atoms with Crippen molar-refractivity contribution in [3.8, 4) is 0 Å². The average molecular weight is 1100 g/mol. The van der Waals surface area contributed by atoms with Crippen LogP contribution in [-0.2, 0) is 0 Å². The SMILES string of the molecule is CCCCCCCCCCCCCCCCCCC(CCCCCCCCCCCCCCCCCC)CCCCC(CCCCCCCCCCCCCCCCCC)CCCCCCCCCCCCCCCCCO. The van der Waals surface area contributed by atoms with E-state index in [1.54, 1.807) is 0 Å². The second-order valence-electron chi connectivity index (χ2n) is 27.1. The average Bonchev–Trinajstić information content (AvgIpc) is 3.45. The quantitative estimate of drug-likeness (QED) is 0.0602. The molecule has 0 aliphatic carbocycles. The van der Waals surface area contributed by atoms with Gasteiger partial charge in [0.05, 0.1) is 0 Å². The van der Waals surface area contributed by atoms with E-state index in [1.807, 2.05) is 0 Å². The summed E-state index contributed by atoms with van der Waals surface area (Å²) in [7, 11) is 0. The smallest absolute Gasteiger partial charge is 0.0431 e. The minimum Gasteiger partial charge on any atom is -0.396 e. The van der Waals surface area contributed by atoms with Crippen molar-refractivity contribution < 1.29 is 5.11 Å². The molecule has 78 heavy (non-hydrogen) atoms. The first kappa shape index (κ1) is 78.0. The molecular weight excluding hydrogens is 941 g/mol. The molecule has 0 amide bonds. The van der Waals surface area contributed by atoms with Crippen LogP contribution in [0.5, 0.6) is 0 Å². The Labute approximate surface area is 497 Å². The van der Waals surface area contributed by atoms with Crippen molar-refractivity contribution in [2.24, 2.45) is 11.8 Å². The topological polar surface area (TPSA) is 20.2 Å². The van der Waals surface area contributed by atoms with E-state index < -0.39 is 0 Å². The molecule has 0 spiro atoms. The van der Waals surface area contributed by atoms with Gasteiger partial charge in [-0.15, -0.1) is 0 Å². The summed E-state index contributed by atoms with van der Waals surface area (Å²) in [6, 6.07) is 0. The van der Waals surface area contributed by atoms with E-state index in [9.17, 15) is 0 Å². The van der Waals surface area contributed by atoms with Gasteiger partial charge in [0.15, 0.2) is 0 Å². The minimum atomic E-state index is 0.375. The molecule has 1 unspecified atom stereocenters. The predicted octanol–water partition coefficient (Wildman–Crippen LogP) is 29.0. The van der Waals surface area contributed by atoms with Gasteiger partial charge in [-0.3, -0.25) is 0 Å². The van der Waals surface area contributed by atoms with Crippen molar-refractivity contribution in [2.75, 3.05) is 6.61 Å². The molecule has 0 saturated heterocycles. The molecule has 0 saturated carbocycles. The fraction of sp³-hybridized carbons (Fsp3) is 1.00. The number of aliphatic hydroxyl groups excluding tert-OH is 1. The Hall–Kier alpha value is -0.0400. The molecule has 0 fully saturated rings. The van der Waals surface area contributed by atoms with Crippen molar-refractivity contribution >= 4 is 0 Å². The minimum absolute atomic E-state index is 0.375. The molecule has 0 aliphatic heterocycles. The van der Waals surface area contributed by atoms with Crippen LogP contribution in [0, 0.1) is 11.8 Å². The zero-order valence-corrected chi connectivity index (χ0v) is 55.5. The van der Waals surface area contributed by atoms with E-state index in [4.69, 9.17) is 5.11 Å². The van der Waals surface area contributed by atoms with Gasteiger partial charge in [0.25, 0.3) is 0 Å². The predicted molar refractivity (Wildman–Crippen MR) is 359 cm³/mol. The lowest BCUT2D eigenvalue weighted by molar-refractivity contribution is 0.282. The molecule has 0 radical (unpaired) electrons. The maximum atomic E-state index is 8.98. The van der Waals surface area contributed by atoms with Crippen molar-refractivity contribution in [1.29, 1.82) is 0 Å². The number of aliphatic hydroxyl groups is 1. The lowest BCUT2D eigenvalue weighted by Crippen LogP contribution is -2.04. The van der Waals surface area contributed by atoms with E-state index in [-0.39, 0.29) is 0 Å².